The highest BCUT2D eigenvalue weighted by Crippen LogP contribution is 2.42. The Kier molecular flexibility index (Phi) is 12.0. The number of nitrogens with one attached hydrogen (secondary N) is 3. The van der Waals surface area contributed by atoms with Crippen molar-refractivity contribution in [2.45, 2.75) is 49.7 Å². The second-order valence-corrected chi connectivity index (χ2v) is 17.6. The van der Waals surface area contributed by atoms with E-state index in [9.17, 15) is 49.5 Å². The first kappa shape index (κ1) is 44.2. The number of aryl methyl sites for hydroxylation is 1. The van der Waals surface area contributed by atoms with E-state index in [0.717, 1.165) is 33.9 Å². The molecular weight excluding hydrogens is 906 g/mol. The van der Waals surface area contributed by atoms with E-state index in [1.807, 2.05) is 6.92 Å². The summed E-state index contributed by atoms with van der Waals surface area (Å²) in [7, 11) is 0. The van der Waals surface area contributed by atoms with Gasteiger partial charge in [0.25, 0.3) is 29.4 Å². The van der Waals surface area contributed by atoms with Crippen LogP contribution in [0.5, 0.6) is 23.0 Å². The van der Waals surface area contributed by atoms with Crippen LogP contribution in [-0.4, -0.2) is 119 Å². The molecule has 328 valence electrons. The van der Waals surface area contributed by atoms with Gasteiger partial charge in [0.1, 0.15) is 27.8 Å². The van der Waals surface area contributed by atoms with Crippen molar-refractivity contribution in [3.63, 3.8) is 0 Å². The highest BCUT2D eigenvalue weighted by Gasteiger charge is 2.54. The number of phenols is 4. The molecule has 2 aromatic carbocycles. The van der Waals surface area contributed by atoms with Crippen molar-refractivity contribution in [1.82, 2.24) is 45.6 Å². The lowest BCUT2D eigenvalue weighted by Crippen LogP contribution is -2.71. The third-order valence-corrected chi connectivity index (χ3v) is 13.1. The van der Waals surface area contributed by atoms with Crippen LogP contribution in [0, 0.1) is 13.8 Å². The Bertz CT molecular complexity index is 2810. The van der Waals surface area contributed by atoms with E-state index in [2.05, 4.69) is 41.4 Å². The highest BCUT2D eigenvalue weighted by atomic mass is 35.5. The van der Waals surface area contributed by atoms with Gasteiger partial charge in [0.15, 0.2) is 39.7 Å². The second-order valence-electron chi connectivity index (χ2n) is 14.2. The molecule has 4 amide bonds. The summed E-state index contributed by atoms with van der Waals surface area (Å²) in [5.41, 5.74) is 9.47. The molecule has 2 aliphatic heterocycles. The zero-order valence-electron chi connectivity index (χ0n) is 33.0. The van der Waals surface area contributed by atoms with Crippen LogP contribution < -0.4 is 21.9 Å². The number of thioether (sulfide) groups is 2. The van der Waals surface area contributed by atoms with Crippen molar-refractivity contribution in [3.8, 4) is 34.4 Å². The number of hydrazine groups is 1. The number of nitrogen functional groups attached to an aromatic ring is 1. The number of aromatic nitrogens is 5. The molecule has 0 spiro atoms. The predicted molar refractivity (Wildman–Crippen MR) is 228 cm³/mol. The number of carboxylic acids is 1. The summed E-state index contributed by atoms with van der Waals surface area (Å²) in [5, 5.41) is 61.7. The lowest BCUT2D eigenvalue weighted by Gasteiger charge is -2.49. The standard InChI is InChI=1S/C37H34ClN11O11S3/c1-13-14(2)40-36-43-27(16-7-18(38)26(53)22(52)9-16)46-49(36)31(13)61-10-17-11-62-32-24(30(56)48(32)25(17)33(57)58)42-29(55)23(19-12-63-35(39)41-19)47-60-37(3,4)34(59)45-44-28(54)15-5-6-20(50)21(51)8-15/h5-9,12,24,32,50-53H,10-11H2,1-4H3,(H2,39,41)(H,42,55)(H,44,54)(H,45,59)(H,57,58)/b47-23-/t24-,32-/m1/s1. The smallest absolute Gasteiger partial charge is 0.352 e. The summed E-state index contributed by atoms with van der Waals surface area (Å²) in [5.74, 6) is -6.14. The fourth-order valence-corrected chi connectivity index (χ4v) is 9.42. The zero-order chi connectivity index (χ0) is 45.7. The molecule has 2 atom stereocenters. The van der Waals surface area contributed by atoms with E-state index in [-0.39, 0.29) is 50.2 Å². The number of nitrogens with two attached hydrogens (primary N) is 1. The number of amides is 4. The van der Waals surface area contributed by atoms with Crippen molar-refractivity contribution in [3.05, 3.63) is 74.5 Å². The zero-order valence-corrected chi connectivity index (χ0v) is 36.2. The number of β-lactam (4-membered cyclic amide) rings is 1. The maximum absolute atomic E-state index is 13.8. The van der Waals surface area contributed by atoms with Gasteiger partial charge in [-0.05, 0) is 63.6 Å². The fourth-order valence-electron chi connectivity index (χ4n) is 6.03. The van der Waals surface area contributed by atoms with Crippen LogP contribution in [0.1, 0.15) is 41.2 Å². The summed E-state index contributed by atoms with van der Waals surface area (Å²) >= 11 is 9.50. The van der Waals surface area contributed by atoms with Gasteiger partial charge < -0.3 is 41.4 Å². The third-order valence-electron chi connectivity index (χ3n) is 9.55. The number of hydrogen-bond acceptors (Lipinski definition) is 19. The molecule has 5 heterocycles. The predicted octanol–water partition coefficient (Wildman–Crippen LogP) is 2.41. The normalized spacial score (nSPS) is 16.4. The highest BCUT2D eigenvalue weighted by molar-refractivity contribution is 8.01. The van der Waals surface area contributed by atoms with Crippen LogP contribution in [-0.2, 0) is 24.0 Å². The molecule has 63 heavy (non-hydrogen) atoms. The van der Waals surface area contributed by atoms with E-state index in [0.29, 0.717) is 21.9 Å². The minimum absolute atomic E-state index is 0.0581. The molecule has 1 fully saturated rings. The Labute approximate surface area is 372 Å². The van der Waals surface area contributed by atoms with Crippen molar-refractivity contribution in [2.24, 2.45) is 5.16 Å². The fraction of sp³-hybridized carbons (Fsp3) is 0.243. The first-order valence-electron chi connectivity index (χ1n) is 18.2. The van der Waals surface area contributed by atoms with Gasteiger partial charge in [0, 0.05) is 39.3 Å². The van der Waals surface area contributed by atoms with E-state index in [1.165, 1.54) is 65.5 Å². The topological polar surface area (TPSA) is 329 Å². The maximum Gasteiger partial charge on any atom is 0.352 e. The lowest BCUT2D eigenvalue weighted by molar-refractivity contribution is -0.150. The van der Waals surface area contributed by atoms with Crippen LogP contribution in [0.3, 0.4) is 0 Å². The molecule has 10 N–H and O–H groups in total. The summed E-state index contributed by atoms with van der Waals surface area (Å²) in [6.45, 7) is 6.14. The maximum atomic E-state index is 13.8. The minimum Gasteiger partial charge on any atom is -0.504 e. The lowest BCUT2D eigenvalue weighted by atomic mass is 10.0. The number of benzene rings is 2. The quantitative estimate of drug-likeness (QED) is 0.0217. The molecule has 26 heteroatoms. The number of nitrogens with zero attached hydrogens (tertiary/aromatic N) is 7. The number of phenolic OH excluding ortho intramolecular Hbond substituents is 4. The molecule has 0 bridgehead atoms. The number of oxime groups is 1. The van der Waals surface area contributed by atoms with Crippen molar-refractivity contribution in [1.29, 1.82) is 0 Å². The van der Waals surface area contributed by atoms with Gasteiger partial charge in [-0.2, -0.15) is 9.50 Å². The Morgan fingerprint density at radius 2 is 1.79 bits per heavy atom. The number of fused-ring (bicyclic) bond motifs is 2. The van der Waals surface area contributed by atoms with Gasteiger partial charge in [-0.15, -0.1) is 40.0 Å². The van der Waals surface area contributed by atoms with Crippen LogP contribution in [0.4, 0.5) is 5.13 Å². The molecule has 3 aromatic heterocycles. The van der Waals surface area contributed by atoms with Gasteiger partial charge in [0.05, 0.1) is 5.02 Å². The number of carbonyl (C=O) groups excluding carboxylic acids is 4. The average molecular weight is 940 g/mol. The molecule has 2 aliphatic rings. The van der Waals surface area contributed by atoms with Gasteiger partial charge in [-0.1, -0.05) is 16.8 Å². The Morgan fingerprint density at radius 1 is 1.05 bits per heavy atom. The number of rotatable bonds is 12. The summed E-state index contributed by atoms with van der Waals surface area (Å²) in [4.78, 5) is 85.4. The van der Waals surface area contributed by atoms with Crippen LogP contribution in [0.2, 0.25) is 5.02 Å². The first-order valence-corrected chi connectivity index (χ1v) is 21.4. The first-order chi connectivity index (χ1) is 29.7. The number of aliphatic carboxylic acids is 1. The van der Waals surface area contributed by atoms with E-state index < -0.39 is 75.3 Å². The molecule has 0 radical (unpaired) electrons. The van der Waals surface area contributed by atoms with Crippen molar-refractivity contribution < 1.29 is 54.3 Å². The van der Waals surface area contributed by atoms with Crippen LogP contribution in [0.25, 0.3) is 17.2 Å². The number of aromatic hydroxyl groups is 4. The van der Waals surface area contributed by atoms with Gasteiger partial charge >= 0.3 is 5.97 Å². The Hall–Kier alpha value is -6.83. The van der Waals surface area contributed by atoms with Crippen LogP contribution in [0.15, 0.2) is 57.2 Å². The minimum atomic E-state index is -1.84. The molecule has 0 unspecified atom stereocenters. The second kappa shape index (κ2) is 17.1. The molecule has 22 nitrogen and oxygen atoms in total. The van der Waals surface area contributed by atoms with E-state index in [1.54, 1.807) is 6.92 Å². The molecule has 0 aliphatic carbocycles. The summed E-state index contributed by atoms with van der Waals surface area (Å²) in [6.07, 6.45) is 0. The summed E-state index contributed by atoms with van der Waals surface area (Å²) < 4.78 is 1.47. The van der Waals surface area contributed by atoms with E-state index in [4.69, 9.17) is 22.2 Å². The SMILES string of the molecule is Cc1nc2nc(-c3cc(O)c(O)c(Cl)c3)nn2c(SCC2=C(C(=O)O)N3C(=O)[C@@H](NC(=O)/C(=N\OC(C)(C)C(=O)NNC(=O)c4ccc(O)c(O)c4)c4csc(N)n4)[C@H]3SC2)c1C. The number of carbonyl (C=O) groups is 5. The molecule has 0 saturated carbocycles. The largest absolute Gasteiger partial charge is 0.504 e. The van der Waals surface area contributed by atoms with E-state index >= 15 is 0 Å². The number of thiazole rings is 1. The summed E-state index contributed by atoms with van der Waals surface area (Å²) in [6, 6.07) is 4.70. The van der Waals surface area contributed by atoms with Gasteiger partial charge in [-0.25, -0.2) is 14.8 Å². The molecule has 7 rings (SSSR count). The third kappa shape index (κ3) is 8.66. The average Bonchev–Trinajstić information content (AvgIpc) is 3.87. The van der Waals surface area contributed by atoms with Crippen molar-refractivity contribution >= 4 is 92.7 Å². The van der Waals surface area contributed by atoms with Gasteiger partial charge in [-0.3, -0.25) is 34.9 Å². The number of carboxylic acid groups (broad SMARTS) is 1. The number of anilines is 1. The molecule has 1 saturated heterocycles. The number of hydrogen-bond donors (Lipinski definition) is 9. The van der Waals surface area contributed by atoms with Crippen molar-refractivity contribution in [2.75, 3.05) is 17.2 Å². The van der Waals surface area contributed by atoms with Gasteiger partial charge in [0.2, 0.25) is 5.60 Å². The number of halogens is 1. The molecule has 5 aromatic rings. The monoisotopic (exact) mass is 939 g/mol. The molecular formula is C37H34ClN11O11S3. The Morgan fingerprint density at radius 3 is 2.46 bits per heavy atom. The Balaban J connectivity index is 1.06. The van der Waals surface area contributed by atoms with Crippen LogP contribution >= 0.6 is 46.5 Å².